The molecule has 1 fully saturated rings. The predicted molar refractivity (Wildman–Crippen MR) is 98.8 cm³/mol. The standard InChI is InChI=1S/C18H26FN3O4.H2/c1-5-21(17(23)26-18(2,3)4)11-12-8-14(9-12)20-15-7-6-13(19)10-16(15)22(24)25;/h6-7,10,12,14,20H,5,8-9,11H2,1-4H3;1H. The van der Waals surface area contributed by atoms with Crippen LogP contribution in [0.4, 0.5) is 20.6 Å². The molecule has 8 heteroatoms. The Morgan fingerprint density at radius 2 is 2.12 bits per heavy atom. The van der Waals surface area contributed by atoms with Gasteiger partial charge in [-0.25, -0.2) is 9.18 Å². The number of carbonyl (C=O) groups is 1. The molecular formula is C18H28FN3O4. The average Bonchev–Trinajstić information content (AvgIpc) is 2.48. The van der Waals surface area contributed by atoms with Gasteiger partial charge < -0.3 is 15.0 Å². The van der Waals surface area contributed by atoms with Crippen molar-refractivity contribution in [1.82, 2.24) is 4.90 Å². The van der Waals surface area contributed by atoms with E-state index in [0.29, 0.717) is 24.7 Å². The van der Waals surface area contributed by atoms with Crippen molar-refractivity contribution in [1.29, 1.82) is 0 Å². The number of nitro benzene ring substituents is 1. The molecule has 1 aliphatic rings. The van der Waals surface area contributed by atoms with Gasteiger partial charge in [-0.3, -0.25) is 10.1 Å². The van der Waals surface area contributed by atoms with E-state index >= 15 is 0 Å². The third-order valence-corrected chi connectivity index (χ3v) is 4.26. The third kappa shape index (κ3) is 5.31. The molecule has 0 spiro atoms. The minimum Gasteiger partial charge on any atom is -0.444 e. The zero-order chi connectivity index (χ0) is 19.5. The molecule has 26 heavy (non-hydrogen) atoms. The van der Waals surface area contributed by atoms with Crippen molar-refractivity contribution in [2.75, 3.05) is 18.4 Å². The summed E-state index contributed by atoms with van der Waals surface area (Å²) in [5, 5.41) is 14.1. The summed E-state index contributed by atoms with van der Waals surface area (Å²) < 4.78 is 18.6. The largest absolute Gasteiger partial charge is 0.444 e. The average molecular weight is 369 g/mol. The van der Waals surface area contributed by atoms with Gasteiger partial charge in [-0.15, -0.1) is 0 Å². The van der Waals surface area contributed by atoms with Crippen LogP contribution in [-0.4, -0.2) is 40.6 Å². The van der Waals surface area contributed by atoms with Crippen LogP contribution in [0.5, 0.6) is 0 Å². The molecule has 0 aromatic heterocycles. The molecule has 0 saturated heterocycles. The second-order valence-corrected chi connectivity index (χ2v) is 7.62. The van der Waals surface area contributed by atoms with Crippen molar-refractivity contribution in [3.63, 3.8) is 0 Å². The maximum atomic E-state index is 13.2. The number of nitro groups is 1. The summed E-state index contributed by atoms with van der Waals surface area (Å²) in [6.45, 7) is 8.55. The van der Waals surface area contributed by atoms with Crippen molar-refractivity contribution in [2.45, 2.75) is 52.2 Å². The Bertz CT molecular complexity index is 675. The molecule has 0 radical (unpaired) electrons. The van der Waals surface area contributed by atoms with Gasteiger partial charge in [-0.1, -0.05) is 0 Å². The Morgan fingerprint density at radius 3 is 2.65 bits per heavy atom. The van der Waals surface area contributed by atoms with Crippen LogP contribution in [0.15, 0.2) is 18.2 Å². The van der Waals surface area contributed by atoms with Crippen molar-refractivity contribution in [2.24, 2.45) is 5.92 Å². The first-order valence-corrected chi connectivity index (χ1v) is 8.77. The van der Waals surface area contributed by atoms with E-state index in [4.69, 9.17) is 4.74 Å². The van der Waals surface area contributed by atoms with Crippen LogP contribution in [0.3, 0.4) is 0 Å². The molecule has 0 heterocycles. The van der Waals surface area contributed by atoms with Crippen LogP contribution in [0.1, 0.15) is 42.0 Å². The highest BCUT2D eigenvalue weighted by Crippen LogP contribution is 2.34. The molecule has 0 bridgehead atoms. The summed E-state index contributed by atoms with van der Waals surface area (Å²) >= 11 is 0. The normalized spacial score (nSPS) is 19.4. The minimum absolute atomic E-state index is 0. The lowest BCUT2D eigenvalue weighted by molar-refractivity contribution is -0.384. The van der Waals surface area contributed by atoms with Gasteiger partial charge in [0.25, 0.3) is 5.69 Å². The van der Waals surface area contributed by atoms with Gasteiger partial charge in [0.05, 0.1) is 11.0 Å². The first-order chi connectivity index (χ1) is 12.1. The maximum absolute atomic E-state index is 13.2. The quantitative estimate of drug-likeness (QED) is 0.592. The molecule has 0 unspecified atom stereocenters. The molecule has 1 aliphatic carbocycles. The second-order valence-electron chi connectivity index (χ2n) is 7.62. The van der Waals surface area contributed by atoms with E-state index in [1.807, 2.05) is 27.7 Å². The topological polar surface area (TPSA) is 84.7 Å². The first-order valence-electron chi connectivity index (χ1n) is 8.77. The second kappa shape index (κ2) is 7.88. The monoisotopic (exact) mass is 369 g/mol. The van der Waals surface area contributed by atoms with Crippen LogP contribution in [0, 0.1) is 21.8 Å². The molecule has 146 valence electrons. The minimum atomic E-state index is -0.635. The fourth-order valence-electron chi connectivity index (χ4n) is 2.97. The highest BCUT2D eigenvalue weighted by molar-refractivity contribution is 5.68. The summed E-state index contributed by atoms with van der Waals surface area (Å²) in [6.07, 6.45) is 1.24. The van der Waals surface area contributed by atoms with E-state index in [1.165, 1.54) is 12.1 Å². The number of anilines is 1. The van der Waals surface area contributed by atoms with Crippen LogP contribution < -0.4 is 5.32 Å². The number of hydrogen-bond acceptors (Lipinski definition) is 5. The molecule has 1 saturated carbocycles. The number of carbonyl (C=O) groups excluding carboxylic acids is 1. The highest BCUT2D eigenvalue weighted by atomic mass is 19.1. The van der Waals surface area contributed by atoms with E-state index in [1.54, 1.807) is 4.90 Å². The summed E-state index contributed by atoms with van der Waals surface area (Å²) in [4.78, 5) is 24.3. The van der Waals surface area contributed by atoms with Crippen LogP contribution in [0.2, 0.25) is 0 Å². The summed E-state index contributed by atoms with van der Waals surface area (Å²) in [5.41, 5.74) is -0.479. The van der Waals surface area contributed by atoms with Gasteiger partial charge in [0.1, 0.15) is 17.1 Å². The summed E-state index contributed by atoms with van der Waals surface area (Å²) in [7, 11) is 0. The number of benzene rings is 1. The van der Waals surface area contributed by atoms with E-state index in [-0.39, 0.29) is 19.2 Å². The van der Waals surface area contributed by atoms with Crippen molar-refractivity contribution in [3.8, 4) is 0 Å². The molecular weight excluding hydrogens is 341 g/mol. The Morgan fingerprint density at radius 1 is 1.46 bits per heavy atom. The fourth-order valence-corrected chi connectivity index (χ4v) is 2.97. The number of nitrogens with zero attached hydrogens (tertiary/aromatic N) is 2. The summed E-state index contributed by atoms with van der Waals surface area (Å²) in [6, 6.07) is 3.58. The lowest BCUT2D eigenvalue weighted by atomic mass is 9.79. The van der Waals surface area contributed by atoms with Crippen LogP contribution in [0.25, 0.3) is 0 Å². The molecule has 0 aliphatic heterocycles. The maximum Gasteiger partial charge on any atom is 0.410 e. The lowest BCUT2D eigenvalue weighted by Gasteiger charge is -2.39. The predicted octanol–water partition coefficient (Wildman–Crippen LogP) is 4.43. The van der Waals surface area contributed by atoms with Gasteiger partial charge >= 0.3 is 6.09 Å². The number of halogens is 1. The van der Waals surface area contributed by atoms with Crippen LogP contribution >= 0.6 is 0 Å². The Labute approximate surface area is 154 Å². The molecule has 1 aromatic carbocycles. The first kappa shape index (κ1) is 19.9. The number of amides is 1. The zero-order valence-corrected chi connectivity index (χ0v) is 15.6. The lowest BCUT2D eigenvalue weighted by Crippen LogP contribution is -2.45. The Hall–Kier alpha value is -2.38. The number of nitrogens with one attached hydrogen (secondary N) is 1. The molecule has 2 rings (SSSR count). The van der Waals surface area contributed by atoms with E-state index in [2.05, 4.69) is 5.32 Å². The van der Waals surface area contributed by atoms with Gasteiger partial charge in [0, 0.05) is 20.6 Å². The fraction of sp³-hybridized carbons (Fsp3) is 0.611. The van der Waals surface area contributed by atoms with E-state index in [0.717, 1.165) is 18.9 Å². The molecule has 1 N–H and O–H groups in total. The number of hydrogen-bond donors (Lipinski definition) is 1. The Balaban J connectivity index is 0.00000364. The molecule has 0 atom stereocenters. The molecule has 7 nitrogen and oxygen atoms in total. The summed E-state index contributed by atoms with van der Waals surface area (Å²) in [5.74, 6) is -0.329. The van der Waals surface area contributed by atoms with E-state index in [9.17, 15) is 19.3 Å². The van der Waals surface area contributed by atoms with Gasteiger partial charge in [-0.05, 0) is 58.6 Å². The number of rotatable bonds is 6. The zero-order valence-electron chi connectivity index (χ0n) is 15.6. The van der Waals surface area contributed by atoms with Crippen LogP contribution in [-0.2, 0) is 4.74 Å². The van der Waals surface area contributed by atoms with Gasteiger partial charge in [-0.2, -0.15) is 0 Å². The number of ether oxygens (including phenoxy) is 1. The third-order valence-electron chi connectivity index (χ3n) is 4.26. The van der Waals surface area contributed by atoms with Gasteiger partial charge in [0.2, 0.25) is 0 Å². The van der Waals surface area contributed by atoms with Crippen molar-refractivity contribution in [3.05, 3.63) is 34.1 Å². The molecule has 1 amide bonds. The SMILES string of the molecule is CCN(CC1CC(Nc2ccc(F)cc2[N+](=O)[O-])C1)C(=O)OC(C)(C)C.[HH]. The van der Waals surface area contributed by atoms with Crippen molar-refractivity contribution >= 4 is 17.5 Å². The van der Waals surface area contributed by atoms with Gasteiger partial charge in [0.15, 0.2) is 0 Å². The Kier molecular flexibility index (Phi) is 6.05. The smallest absolute Gasteiger partial charge is 0.410 e. The van der Waals surface area contributed by atoms with Crippen molar-refractivity contribution < 1.29 is 20.3 Å². The van der Waals surface area contributed by atoms with E-state index < -0.39 is 16.3 Å². The molecule has 1 aromatic rings. The highest BCUT2D eigenvalue weighted by Gasteiger charge is 2.33.